The summed E-state index contributed by atoms with van der Waals surface area (Å²) in [6, 6.07) is 2.22. The van der Waals surface area contributed by atoms with Gasteiger partial charge >= 0.3 is 0 Å². The number of aromatic nitrogens is 2. The fourth-order valence-electron chi connectivity index (χ4n) is 1.43. The number of amides is 1. The van der Waals surface area contributed by atoms with Crippen molar-refractivity contribution in [1.82, 2.24) is 15.3 Å². The monoisotopic (exact) mass is 281 g/mol. The van der Waals surface area contributed by atoms with E-state index in [1.165, 1.54) is 11.8 Å². The van der Waals surface area contributed by atoms with Crippen molar-refractivity contribution in [2.45, 2.75) is 31.3 Å². The van der Waals surface area contributed by atoms with Crippen molar-refractivity contribution in [1.29, 1.82) is 0 Å². The summed E-state index contributed by atoms with van der Waals surface area (Å²) in [5.74, 6) is 0.447. The molecule has 0 spiro atoms. The summed E-state index contributed by atoms with van der Waals surface area (Å²) in [5.41, 5.74) is 0. The number of thioether (sulfide) groups is 1. The average Bonchev–Trinajstić information content (AvgIpc) is 2.84. The van der Waals surface area contributed by atoms with Crippen LogP contribution in [0.25, 0.3) is 10.2 Å². The van der Waals surface area contributed by atoms with Crippen molar-refractivity contribution < 1.29 is 4.79 Å². The van der Waals surface area contributed by atoms with Gasteiger partial charge in [0.15, 0.2) is 0 Å². The molecule has 0 aliphatic heterocycles. The van der Waals surface area contributed by atoms with Gasteiger partial charge in [0.2, 0.25) is 5.91 Å². The van der Waals surface area contributed by atoms with Gasteiger partial charge in [-0.3, -0.25) is 4.79 Å². The van der Waals surface area contributed by atoms with E-state index in [0.29, 0.717) is 5.75 Å². The summed E-state index contributed by atoms with van der Waals surface area (Å²) in [4.78, 5) is 21.1. The third kappa shape index (κ3) is 3.20. The SMILES string of the molecule is CC[C@@H](C)NC(=O)CSc1ncnc2sccc12. The maximum absolute atomic E-state index is 11.7. The summed E-state index contributed by atoms with van der Waals surface area (Å²) < 4.78 is 0. The molecule has 2 aromatic heterocycles. The first kappa shape index (κ1) is 13.3. The van der Waals surface area contributed by atoms with Gasteiger partial charge in [0.25, 0.3) is 0 Å². The van der Waals surface area contributed by atoms with Crippen LogP contribution in [0.3, 0.4) is 0 Å². The van der Waals surface area contributed by atoms with Crippen LogP contribution in [0, 0.1) is 0 Å². The molecule has 1 atom stereocenters. The van der Waals surface area contributed by atoms with Crippen LogP contribution in [-0.2, 0) is 4.79 Å². The van der Waals surface area contributed by atoms with Crippen molar-refractivity contribution >= 4 is 39.2 Å². The molecule has 0 radical (unpaired) electrons. The first-order chi connectivity index (χ1) is 8.70. The molecule has 18 heavy (non-hydrogen) atoms. The molecule has 0 fully saturated rings. The van der Waals surface area contributed by atoms with E-state index in [1.807, 2.05) is 18.4 Å². The van der Waals surface area contributed by atoms with Gasteiger partial charge in [0.05, 0.1) is 5.75 Å². The topological polar surface area (TPSA) is 54.9 Å². The molecule has 2 heterocycles. The van der Waals surface area contributed by atoms with Crippen LogP contribution in [0.15, 0.2) is 22.8 Å². The number of rotatable bonds is 5. The van der Waals surface area contributed by atoms with Gasteiger partial charge in [-0.2, -0.15) is 0 Å². The molecule has 1 amide bonds. The van der Waals surface area contributed by atoms with Crippen molar-refractivity contribution in [2.75, 3.05) is 5.75 Å². The standard InChI is InChI=1S/C12H15N3OS2/c1-3-8(2)15-10(16)6-18-12-9-4-5-17-11(9)13-7-14-12/h4-5,7-8H,3,6H2,1-2H3,(H,15,16)/t8-/m1/s1. The molecular formula is C12H15N3OS2. The minimum absolute atomic E-state index is 0.0522. The van der Waals surface area contributed by atoms with E-state index >= 15 is 0 Å². The van der Waals surface area contributed by atoms with Gasteiger partial charge < -0.3 is 5.32 Å². The summed E-state index contributed by atoms with van der Waals surface area (Å²) in [6.07, 6.45) is 2.49. The second-order valence-corrected chi connectivity index (χ2v) is 5.84. The zero-order valence-electron chi connectivity index (χ0n) is 10.3. The first-order valence-corrected chi connectivity index (χ1v) is 7.67. The van der Waals surface area contributed by atoms with E-state index in [1.54, 1.807) is 17.7 Å². The highest BCUT2D eigenvalue weighted by atomic mass is 32.2. The highest BCUT2D eigenvalue weighted by Gasteiger charge is 2.09. The lowest BCUT2D eigenvalue weighted by Crippen LogP contribution is -2.33. The van der Waals surface area contributed by atoms with E-state index in [2.05, 4.69) is 22.2 Å². The minimum Gasteiger partial charge on any atom is -0.353 e. The number of hydrogen-bond donors (Lipinski definition) is 1. The Morgan fingerprint density at radius 2 is 2.39 bits per heavy atom. The second kappa shape index (κ2) is 6.15. The van der Waals surface area contributed by atoms with Crippen LogP contribution < -0.4 is 5.32 Å². The fourth-order valence-corrected chi connectivity index (χ4v) is 3.03. The third-order valence-electron chi connectivity index (χ3n) is 2.58. The van der Waals surface area contributed by atoms with Crippen molar-refractivity contribution in [3.63, 3.8) is 0 Å². The molecule has 2 rings (SSSR count). The fraction of sp³-hybridized carbons (Fsp3) is 0.417. The number of carbonyl (C=O) groups excluding carboxylic acids is 1. The number of carbonyl (C=O) groups is 1. The van der Waals surface area contributed by atoms with Crippen LogP contribution in [0.5, 0.6) is 0 Å². The van der Waals surface area contributed by atoms with Crippen LogP contribution in [0.4, 0.5) is 0 Å². The molecule has 0 saturated heterocycles. The Morgan fingerprint density at radius 1 is 1.56 bits per heavy atom. The Hall–Kier alpha value is -1.14. The van der Waals surface area contributed by atoms with Gasteiger partial charge in [-0.15, -0.1) is 11.3 Å². The van der Waals surface area contributed by atoms with E-state index in [0.717, 1.165) is 21.7 Å². The Balaban J connectivity index is 1.98. The smallest absolute Gasteiger partial charge is 0.230 e. The molecule has 1 N–H and O–H groups in total. The van der Waals surface area contributed by atoms with Gasteiger partial charge in [-0.25, -0.2) is 9.97 Å². The lowest BCUT2D eigenvalue weighted by molar-refractivity contribution is -0.119. The first-order valence-electron chi connectivity index (χ1n) is 5.81. The molecular weight excluding hydrogens is 266 g/mol. The van der Waals surface area contributed by atoms with Crippen molar-refractivity contribution in [3.05, 3.63) is 17.8 Å². The van der Waals surface area contributed by atoms with Crippen molar-refractivity contribution in [3.8, 4) is 0 Å². The maximum Gasteiger partial charge on any atom is 0.230 e. The van der Waals surface area contributed by atoms with E-state index < -0.39 is 0 Å². The number of nitrogens with one attached hydrogen (secondary N) is 1. The zero-order valence-corrected chi connectivity index (χ0v) is 12.0. The Bertz CT molecular complexity index is 541. The number of hydrogen-bond acceptors (Lipinski definition) is 5. The zero-order chi connectivity index (χ0) is 13.0. The molecule has 0 aliphatic carbocycles. The molecule has 0 saturated carbocycles. The highest BCUT2D eigenvalue weighted by Crippen LogP contribution is 2.27. The molecule has 6 heteroatoms. The summed E-state index contributed by atoms with van der Waals surface area (Å²) in [6.45, 7) is 4.06. The van der Waals surface area contributed by atoms with Gasteiger partial charge in [-0.1, -0.05) is 18.7 Å². The quantitative estimate of drug-likeness (QED) is 0.676. The molecule has 2 aromatic rings. The van der Waals surface area contributed by atoms with Gasteiger partial charge in [0, 0.05) is 11.4 Å². The van der Waals surface area contributed by atoms with E-state index in [4.69, 9.17) is 0 Å². The third-order valence-corrected chi connectivity index (χ3v) is 4.41. The molecule has 0 unspecified atom stereocenters. The summed E-state index contributed by atoms with van der Waals surface area (Å²) >= 11 is 3.04. The second-order valence-electron chi connectivity index (χ2n) is 3.98. The van der Waals surface area contributed by atoms with Crippen molar-refractivity contribution in [2.24, 2.45) is 0 Å². The number of nitrogens with zero attached hydrogens (tertiary/aromatic N) is 2. The molecule has 4 nitrogen and oxygen atoms in total. The van der Waals surface area contributed by atoms with Crippen LogP contribution >= 0.6 is 23.1 Å². The predicted molar refractivity (Wildman–Crippen MR) is 76.0 cm³/mol. The molecule has 0 bridgehead atoms. The minimum atomic E-state index is 0.0522. The summed E-state index contributed by atoms with van der Waals surface area (Å²) in [7, 11) is 0. The van der Waals surface area contributed by atoms with Gasteiger partial charge in [-0.05, 0) is 24.8 Å². The average molecular weight is 281 g/mol. The Labute approximate surface area is 114 Å². The number of thiophene rings is 1. The Morgan fingerprint density at radius 3 is 3.17 bits per heavy atom. The predicted octanol–water partition coefficient (Wildman–Crippen LogP) is 2.70. The van der Waals surface area contributed by atoms with E-state index in [9.17, 15) is 4.79 Å². The molecule has 0 aliphatic rings. The van der Waals surface area contributed by atoms with Crippen LogP contribution in [-0.4, -0.2) is 27.7 Å². The lowest BCUT2D eigenvalue weighted by atomic mass is 10.3. The Kier molecular flexibility index (Phi) is 4.54. The van der Waals surface area contributed by atoms with E-state index in [-0.39, 0.29) is 11.9 Å². The maximum atomic E-state index is 11.7. The lowest BCUT2D eigenvalue weighted by Gasteiger charge is -2.10. The normalized spacial score (nSPS) is 12.6. The number of fused-ring (bicyclic) bond motifs is 1. The van der Waals surface area contributed by atoms with Crippen LogP contribution in [0.2, 0.25) is 0 Å². The van der Waals surface area contributed by atoms with Gasteiger partial charge in [0.1, 0.15) is 16.2 Å². The molecule has 0 aromatic carbocycles. The highest BCUT2D eigenvalue weighted by molar-refractivity contribution is 8.00. The van der Waals surface area contributed by atoms with Crippen LogP contribution in [0.1, 0.15) is 20.3 Å². The largest absolute Gasteiger partial charge is 0.353 e. The molecule has 96 valence electrons. The summed E-state index contributed by atoms with van der Waals surface area (Å²) in [5, 5.41) is 6.84.